The summed E-state index contributed by atoms with van der Waals surface area (Å²) in [4.78, 5) is 0. The Morgan fingerprint density at radius 1 is 1.40 bits per heavy atom. The van der Waals surface area contributed by atoms with E-state index in [4.69, 9.17) is 11.6 Å². The highest BCUT2D eigenvalue weighted by molar-refractivity contribution is 9.10. The van der Waals surface area contributed by atoms with Gasteiger partial charge >= 0.3 is 0 Å². The summed E-state index contributed by atoms with van der Waals surface area (Å²) in [7, 11) is 1.86. The van der Waals surface area contributed by atoms with Crippen LogP contribution in [0.2, 0.25) is 5.02 Å². The van der Waals surface area contributed by atoms with Crippen molar-refractivity contribution in [2.24, 2.45) is 0 Å². The quantitative estimate of drug-likeness (QED) is 0.767. The molecule has 0 aliphatic heterocycles. The summed E-state index contributed by atoms with van der Waals surface area (Å²) in [5.74, 6) is 0. The molecule has 0 unspecified atom stereocenters. The van der Waals surface area contributed by atoms with Gasteiger partial charge in [-0.2, -0.15) is 0 Å². The fourth-order valence-electron chi connectivity index (χ4n) is 0.698. The molecule has 10 heavy (non-hydrogen) atoms. The van der Waals surface area contributed by atoms with E-state index in [0.717, 1.165) is 15.2 Å². The highest BCUT2D eigenvalue weighted by Gasteiger charge is 1.93. The van der Waals surface area contributed by atoms with Crippen molar-refractivity contribution >= 4 is 33.2 Å². The predicted octanol–water partition coefficient (Wildman–Crippen LogP) is 3.14. The second-order valence-electron chi connectivity index (χ2n) is 1.91. The smallest absolute Gasteiger partial charge is 0.0437 e. The van der Waals surface area contributed by atoms with Gasteiger partial charge in [0.15, 0.2) is 0 Å². The van der Waals surface area contributed by atoms with E-state index >= 15 is 0 Å². The van der Waals surface area contributed by atoms with E-state index in [1.165, 1.54) is 0 Å². The lowest BCUT2D eigenvalue weighted by Crippen LogP contribution is -1.86. The molecule has 0 spiro atoms. The largest absolute Gasteiger partial charge is 0.388 e. The van der Waals surface area contributed by atoms with Gasteiger partial charge in [0.05, 0.1) is 0 Å². The normalized spacial score (nSPS) is 9.50. The molecule has 1 aromatic rings. The molecule has 0 saturated heterocycles. The zero-order valence-electron chi connectivity index (χ0n) is 5.49. The van der Waals surface area contributed by atoms with Crippen molar-refractivity contribution in [2.75, 3.05) is 12.4 Å². The number of rotatable bonds is 1. The van der Waals surface area contributed by atoms with E-state index in [-0.39, 0.29) is 0 Å². The van der Waals surface area contributed by atoms with Crippen LogP contribution in [-0.2, 0) is 0 Å². The molecule has 1 N–H and O–H groups in total. The fraction of sp³-hybridized carbons (Fsp3) is 0.143. The molecule has 0 aliphatic carbocycles. The number of anilines is 1. The van der Waals surface area contributed by atoms with Crippen molar-refractivity contribution in [3.8, 4) is 0 Å². The molecule has 1 rings (SSSR count). The molecule has 0 fully saturated rings. The van der Waals surface area contributed by atoms with Crippen molar-refractivity contribution < 1.29 is 0 Å². The SMILES string of the molecule is CNc1cc(Cl)cc(Br)c1. The molecule has 54 valence electrons. The van der Waals surface area contributed by atoms with Crippen LogP contribution in [-0.4, -0.2) is 7.05 Å². The van der Waals surface area contributed by atoms with Crippen molar-refractivity contribution in [3.63, 3.8) is 0 Å². The molecule has 0 radical (unpaired) electrons. The van der Waals surface area contributed by atoms with Crippen LogP contribution < -0.4 is 5.32 Å². The lowest BCUT2D eigenvalue weighted by molar-refractivity contribution is 1.50. The lowest BCUT2D eigenvalue weighted by Gasteiger charge is -2.00. The van der Waals surface area contributed by atoms with Crippen LogP contribution in [0.25, 0.3) is 0 Å². The van der Waals surface area contributed by atoms with Gasteiger partial charge in [0.2, 0.25) is 0 Å². The third kappa shape index (κ3) is 1.89. The van der Waals surface area contributed by atoms with Gasteiger partial charge in [-0.05, 0) is 18.2 Å². The molecule has 1 nitrogen and oxygen atoms in total. The van der Waals surface area contributed by atoms with Crippen LogP contribution in [0, 0.1) is 0 Å². The summed E-state index contributed by atoms with van der Waals surface area (Å²) in [6.45, 7) is 0. The maximum Gasteiger partial charge on any atom is 0.0437 e. The van der Waals surface area contributed by atoms with E-state index in [1.807, 2.05) is 25.2 Å². The van der Waals surface area contributed by atoms with Gasteiger partial charge < -0.3 is 5.32 Å². The lowest BCUT2D eigenvalue weighted by atomic mass is 10.3. The van der Waals surface area contributed by atoms with Gasteiger partial charge in [-0.15, -0.1) is 0 Å². The Kier molecular flexibility index (Phi) is 2.57. The summed E-state index contributed by atoms with van der Waals surface area (Å²) in [6.07, 6.45) is 0. The van der Waals surface area contributed by atoms with Crippen molar-refractivity contribution in [1.82, 2.24) is 0 Å². The minimum atomic E-state index is 0.735. The van der Waals surface area contributed by atoms with E-state index in [2.05, 4.69) is 21.2 Å². The first kappa shape index (κ1) is 7.89. The predicted molar refractivity (Wildman–Crippen MR) is 48.7 cm³/mol. The molecule has 3 heteroatoms. The first-order chi connectivity index (χ1) is 4.72. The molecule has 0 saturated carbocycles. The monoisotopic (exact) mass is 219 g/mol. The van der Waals surface area contributed by atoms with Crippen LogP contribution in [0.15, 0.2) is 22.7 Å². The van der Waals surface area contributed by atoms with Gasteiger partial charge in [-0.3, -0.25) is 0 Å². The zero-order valence-corrected chi connectivity index (χ0v) is 7.83. The van der Waals surface area contributed by atoms with Crippen LogP contribution >= 0.6 is 27.5 Å². The third-order valence-electron chi connectivity index (χ3n) is 1.15. The molecular formula is C7H7BrClN. The summed E-state index contributed by atoms with van der Waals surface area (Å²) < 4.78 is 0.990. The molecule has 1 aromatic carbocycles. The standard InChI is InChI=1S/C7H7BrClN/c1-10-7-3-5(8)2-6(9)4-7/h2-4,10H,1H3. The Bertz CT molecular complexity index is 217. The van der Waals surface area contributed by atoms with Crippen molar-refractivity contribution in [2.45, 2.75) is 0 Å². The highest BCUT2D eigenvalue weighted by atomic mass is 79.9. The molecule has 0 amide bonds. The van der Waals surface area contributed by atoms with Gasteiger partial charge in [0.25, 0.3) is 0 Å². The summed E-state index contributed by atoms with van der Waals surface area (Å²) in [6, 6.07) is 5.68. The molecule has 0 aliphatic rings. The number of benzene rings is 1. The molecule has 0 aromatic heterocycles. The van der Waals surface area contributed by atoms with E-state index < -0.39 is 0 Å². The Morgan fingerprint density at radius 2 is 2.10 bits per heavy atom. The van der Waals surface area contributed by atoms with Gasteiger partial charge in [-0.1, -0.05) is 27.5 Å². The number of halogens is 2. The summed E-state index contributed by atoms with van der Waals surface area (Å²) in [5, 5.41) is 3.73. The number of hydrogen-bond donors (Lipinski definition) is 1. The number of hydrogen-bond acceptors (Lipinski definition) is 1. The average molecular weight is 220 g/mol. The maximum atomic E-state index is 5.76. The number of nitrogens with one attached hydrogen (secondary N) is 1. The second-order valence-corrected chi connectivity index (χ2v) is 3.26. The maximum absolute atomic E-state index is 5.76. The molecule has 0 heterocycles. The molecule has 0 atom stereocenters. The fourth-order valence-corrected chi connectivity index (χ4v) is 1.56. The highest BCUT2D eigenvalue weighted by Crippen LogP contribution is 2.22. The molecular weight excluding hydrogens is 213 g/mol. The Labute approximate surface area is 73.5 Å². The van der Waals surface area contributed by atoms with Crippen LogP contribution in [0.1, 0.15) is 0 Å². The first-order valence-corrected chi connectivity index (χ1v) is 4.03. The topological polar surface area (TPSA) is 12.0 Å². The Balaban J connectivity index is 3.06. The third-order valence-corrected chi connectivity index (χ3v) is 1.83. The Hall–Kier alpha value is -0.210. The summed E-state index contributed by atoms with van der Waals surface area (Å²) >= 11 is 9.09. The van der Waals surface area contributed by atoms with Crippen LogP contribution in [0.3, 0.4) is 0 Å². The van der Waals surface area contributed by atoms with Crippen molar-refractivity contribution in [1.29, 1.82) is 0 Å². The summed E-state index contributed by atoms with van der Waals surface area (Å²) in [5.41, 5.74) is 1.01. The molecule has 0 bridgehead atoms. The van der Waals surface area contributed by atoms with Gasteiger partial charge in [0.1, 0.15) is 0 Å². The Morgan fingerprint density at radius 3 is 2.60 bits per heavy atom. The zero-order chi connectivity index (χ0) is 7.56. The van der Waals surface area contributed by atoms with Crippen molar-refractivity contribution in [3.05, 3.63) is 27.7 Å². The minimum absolute atomic E-state index is 0.735. The van der Waals surface area contributed by atoms with Crippen LogP contribution in [0.4, 0.5) is 5.69 Å². The average Bonchev–Trinajstić information content (AvgIpc) is 1.85. The first-order valence-electron chi connectivity index (χ1n) is 2.86. The van der Waals surface area contributed by atoms with E-state index in [0.29, 0.717) is 0 Å². The second kappa shape index (κ2) is 3.26. The van der Waals surface area contributed by atoms with E-state index in [9.17, 15) is 0 Å². The van der Waals surface area contributed by atoms with E-state index in [1.54, 1.807) is 0 Å². The minimum Gasteiger partial charge on any atom is -0.388 e. The van der Waals surface area contributed by atoms with Gasteiger partial charge in [0, 0.05) is 22.2 Å². The van der Waals surface area contributed by atoms with Gasteiger partial charge in [-0.25, -0.2) is 0 Å². The van der Waals surface area contributed by atoms with Crippen LogP contribution in [0.5, 0.6) is 0 Å².